The number of rotatable bonds is 5. The Morgan fingerprint density at radius 1 is 1.24 bits per heavy atom. The van der Waals surface area contributed by atoms with Crippen molar-refractivity contribution >= 4 is 21.9 Å². The summed E-state index contributed by atoms with van der Waals surface area (Å²) in [4.78, 5) is 11.0. The molecule has 0 bridgehead atoms. The maximum atomic E-state index is 13.1. The number of hydrogen-bond donors (Lipinski definition) is 1. The molecule has 0 aromatic heterocycles. The van der Waals surface area contributed by atoms with Crippen molar-refractivity contribution in [1.29, 1.82) is 0 Å². The van der Waals surface area contributed by atoms with Crippen LogP contribution in [0.5, 0.6) is 11.5 Å². The summed E-state index contributed by atoms with van der Waals surface area (Å²) < 4.78 is 24.3. The van der Waals surface area contributed by atoms with Gasteiger partial charge < -0.3 is 14.6 Å². The Labute approximate surface area is 129 Å². The van der Waals surface area contributed by atoms with Gasteiger partial charge in [0.2, 0.25) is 0 Å². The van der Waals surface area contributed by atoms with Crippen LogP contribution in [0.25, 0.3) is 0 Å². The van der Waals surface area contributed by atoms with Crippen molar-refractivity contribution in [3.63, 3.8) is 0 Å². The molecule has 110 valence electrons. The van der Waals surface area contributed by atoms with Crippen LogP contribution < -0.4 is 9.47 Å². The Hall–Kier alpha value is -2.08. The van der Waals surface area contributed by atoms with Gasteiger partial charge in [-0.3, -0.25) is 0 Å². The first-order valence-electron chi connectivity index (χ1n) is 5.99. The predicted molar refractivity (Wildman–Crippen MR) is 78.4 cm³/mol. The summed E-state index contributed by atoms with van der Waals surface area (Å²) in [6, 6.07) is 8.80. The monoisotopic (exact) mass is 354 g/mol. The van der Waals surface area contributed by atoms with Gasteiger partial charge >= 0.3 is 5.97 Å². The van der Waals surface area contributed by atoms with Crippen molar-refractivity contribution in [3.05, 3.63) is 57.8 Å². The molecule has 0 aliphatic rings. The van der Waals surface area contributed by atoms with E-state index in [1.807, 2.05) is 0 Å². The molecule has 0 amide bonds. The molecule has 0 saturated carbocycles. The molecule has 0 saturated heterocycles. The van der Waals surface area contributed by atoms with E-state index in [9.17, 15) is 9.18 Å². The molecule has 2 aromatic rings. The minimum atomic E-state index is -1.06. The lowest BCUT2D eigenvalue weighted by Gasteiger charge is -2.10. The topological polar surface area (TPSA) is 55.8 Å². The summed E-state index contributed by atoms with van der Waals surface area (Å²) in [6.45, 7) is 0.165. The van der Waals surface area contributed by atoms with Gasteiger partial charge in [0.15, 0.2) is 0 Å². The normalized spacial score (nSPS) is 10.2. The highest BCUT2D eigenvalue weighted by atomic mass is 79.9. The summed E-state index contributed by atoms with van der Waals surface area (Å²) in [5, 5.41) is 9.00. The molecule has 21 heavy (non-hydrogen) atoms. The first kappa shape index (κ1) is 15.3. The Kier molecular flexibility index (Phi) is 4.80. The summed E-state index contributed by atoms with van der Waals surface area (Å²) in [7, 11) is 1.40. The molecule has 2 rings (SSSR count). The number of aromatic carboxylic acids is 1. The van der Waals surface area contributed by atoms with Gasteiger partial charge in [-0.15, -0.1) is 0 Å². The van der Waals surface area contributed by atoms with Crippen LogP contribution in [0.2, 0.25) is 0 Å². The third-order valence-corrected chi connectivity index (χ3v) is 3.44. The van der Waals surface area contributed by atoms with E-state index in [4.69, 9.17) is 14.6 Å². The number of methoxy groups -OCH3 is 1. The fraction of sp³-hybridized carbons (Fsp3) is 0.133. The third kappa shape index (κ3) is 3.72. The Balaban J connectivity index is 2.17. The van der Waals surface area contributed by atoms with Crippen LogP contribution in [0.1, 0.15) is 15.9 Å². The molecule has 4 nitrogen and oxygen atoms in total. The number of benzene rings is 2. The van der Waals surface area contributed by atoms with Crippen molar-refractivity contribution in [2.24, 2.45) is 0 Å². The summed E-state index contributed by atoms with van der Waals surface area (Å²) >= 11 is 3.27. The standard InChI is InChI=1S/C15H12BrFO4/c1-20-13-6-9(2-4-11(13)15(18)19)8-21-14-7-10(17)3-5-12(14)16/h2-7H,8H2,1H3,(H,18,19). The molecule has 0 spiro atoms. The zero-order valence-corrected chi connectivity index (χ0v) is 12.7. The zero-order chi connectivity index (χ0) is 15.4. The van der Waals surface area contributed by atoms with E-state index in [0.29, 0.717) is 15.8 Å². The lowest BCUT2D eigenvalue weighted by molar-refractivity contribution is 0.0693. The molecule has 0 aliphatic carbocycles. The molecule has 1 N–H and O–H groups in total. The minimum absolute atomic E-state index is 0.0770. The molecule has 0 atom stereocenters. The molecule has 2 aromatic carbocycles. The van der Waals surface area contributed by atoms with Gasteiger partial charge in [-0.25, -0.2) is 9.18 Å². The lowest BCUT2D eigenvalue weighted by atomic mass is 10.1. The molecule has 0 unspecified atom stereocenters. The molecular weight excluding hydrogens is 343 g/mol. The number of ether oxygens (including phenoxy) is 2. The SMILES string of the molecule is COc1cc(COc2cc(F)ccc2Br)ccc1C(=O)O. The third-order valence-electron chi connectivity index (χ3n) is 2.78. The van der Waals surface area contributed by atoms with Crippen LogP contribution >= 0.6 is 15.9 Å². The lowest BCUT2D eigenvalue weighted by Crippen LogP contribution is -2.03. The van der Waals surface area contributed by atoms with Gasteiger partial charge in [-0.1, -0.05) is 6.07 Å². The maximum Gasteiger partial charge on any atom is 0.339 e. The van der Waals surface area contributed by atoms with Crippen LogP contribution in [-0.2, 0) is 6.61 Å². The fourth-order valence-electron chi connectivity index (χ4n) is 1.75. The van der Waals surface area contributed by atoms with Crippen LogP contribution in [-0.4, -0.2) is 18.2 Å². The van der Waals surface area contributed by atoms with E-state index in [2.05, 4.69) is 15.9 Å². The Morgan fingerprint density at radius 2 is 2.00 bits per heavy atom. The molecular formula is C15H12BrFO4. The van der Waals surface area contributed by atoms with Crippen molar-refractivity contribution < 1.29 is 23.8 Å². The maximum absolute atomic E-state index is 13.1. The second-order valence-corrected chi connectivity index (χ2v) is 5.06. The predicted octanol–water partition coefficient (Wildman–Crippen LogP) is 3.87. The highest BCUT2D eigenvalue weighted by molar-refractivity contribution is 9.10. The van der Waals surface area contributed by atoms with Gasteiger partial charge in [-0.05, 0) is 45.8 Å². The first-order chi connectivity index (χ1) is 10.0. The number of carboxylic acids is 1. The highest BCUT2D eigenvalue weighted by Crippen LogP contribution is 2.27. The number of carboxylic acid groups (broad SMARTS) is 1. The minimum Gasteiger partial charge on any atom is -0.496 e. The number of halogens is 2. The molecule has 0 aliphatic heterocycles. The van der Waals surface area contributed by atoms with E-state index >= 15 is 0 Å². The summed E-state index contributed by atoms with van der Waals surface area (Å²) in [6.07, 6.45) is 0. The largest absolute Gasteiger partial charge is 0.496 e. The van der Waals surface area contributed by atoms with E-state index < -0.39 is 11.8 Å². The molecule has 0 radical (unpaired) electrons. The molecule has 0 heterocycles. The Bertz CT molecular complexity index is 673. The second kappa shape index (κ2) is 6.58. The summed E-state index contributed by atoms with van der Waals surface area (Å²) in [5.41, 5.74) is 0.793. The number of hydrogen-bond acceptors (Lipinski definition) is 3. The van der Waals surface area contributed by atoms with Crippen LogP contribution in [0.4, 0.5) is 4.39 Å². The van der Waals surface area contributed by atoms with E-state index in [1.54, 1.807) is 18.2 Å². The van der Waals surface area contributed by atoms with E-state index in [-0.39, 0.29) is 17.9 Å². The summed E-state index contributed by atoms with van der Waals surface area (Å²) in [5.74, 6) is -0.836. The van der Waals surface area contributed by atoms with Crippen molar-refractivity contribution in [2.45, 2.75) is 6.61 Å². The van der Waals surface area contributed by atoms with E-state index in [1.165, 1.54) is 25.3 Å². The first-order valence-corrected chi connectivity index (χ1v) is 6.78. The quantitative estimate of drug-likeness (QED) is 0.885. The van der Waals surface area contributed by atoms with Crippen molar-refractivity contribution in [2.75, 3.05) is 7.11 Å². The van der Waals surface area contributed by atoms with Crippen molar-refractivity contribution in [3.8, 4) is 11.5 Å². The average molecular weight is 355 g/mol. The number of carbonyl (C=O) groups is 1. The van der Waals surface area contributed by atoms with Crippen LogP contribution in [0, 0.1) is 5.82 Å². The van der Waals surface area contributed by atoms with Gasteiger partial charge in [0, 0.05) is 6.07 Å². The van der Waals surface area contributed by atoms with Gasteiger partial charge in [0.1, 0.15) is 29.5 Å². The van der Waals surface area contributed by atoms with Crippen LogP contribution in [0.3, 0.4) is 0 Å². The smallest absolute Gasteiger partial charge is 0.339 e. The highest BCUT2D eigenvalue weighted by Gasteiger charge is 2.12. The zero-order valence-electron chi connectivity index (χ0n) is 11.1. The molecule has 6 heteroatoms. The van der Waals surface area contributed by atoms with Crippen LogP contribution in [0.15, 0.2) is 40.9 Å². The van der Waals surface area contributed by atoms with Gasteiger partial charge in [0.05, 0.1) is 11.6 Å². The van der Waals surface area contributed by atoms with E-state index in [0.717, 1.165) is 0 Å². The second-order valence-electron chi connectivity index (χ2n) is 4.20. The Morgan fingerprint density at radius 3 is 2.67 bits per heavy atom. The van der Waals surface area contributed by atoms with Gasteiger partial charge in [-0.2, -0.15) is 0 Å². The fourth-order valence-corrected chi connectivity index (χ4v) is 2.11. The average Bonchev–Trinajstić information content (AvgIpc) is 2.47. The molecule has 0 fully saturated rings. The van der Waals surface area contributed by atoms with Gasteiger partial charge in [0.25, 0.3) is 0 Å². The van der Waals surface area contributed by atoms with Crippen molar-refractivity contribution in [1.82, 2.24) is 0 Å².